The lowest BCUT2D eigenvalue weighted by Crippen LogP contribution is -2.00. The van der Waals surface area contributed by atoms with Crippen LogP contribution in [-0.4, -0.2) is 21.3 Å². The third-order valence-electron chi connectivity index (χ3n) is 3.55. The number of halogens is 2. The van der Waals surface area contributed by atoms with Gasteiger partial charge in [-0.1, -0.05) is 11.6 Å². The highest BCUT2D eigenvalue weighted by atomic mass is 35.5. The molecule has 0 radical (unpaired) electrons. The van der Waals surface area contributed by atoms with Gasteiger partial charge in [-0.2, -0.15) is 0 Å². The van der Waals surface area contributed by atoms with E-state index in [-0.39, 0.29) is 5.82 Å². The van der Waals surface area contributed by atoms with Gasteiger partial charge in [0.05, 0.1) is 5.69 Å². The molecule has 0 bridgehead atoms. The van der Waals surface area contributed by atoms with Crippen molar-refractivity contribution in [3.05, 3.63) is 71.2 Å². The van der Waals surface area contributed by atoms with Crippen molar-refractivity contribution < 1.29 is 4.39 Å². The maximum atomic E-state index is 13.3. The van der Waals surface area contributed by atoms with Crippen LogP contribution < -0.4 is 0 Å². The lowest BCUT2D eigenvalue weighted by Gasteiger charge is -2.10. The van der Waals surface area contributed by atoms with E-state index in [4.69, 9.17) is 11.6 Å². The lowest BCUT2D eigenvalue weighted by molar-refractivity contribution is 0.627. The molecule has 3 aromatic rings. The fourth-order valence-electron chi connectivity index (χ4n) is 2.41. The number of rotatable bonds is 4. The average molecular weight is 341 g/mol. The molecule has 2 aromatic heterocycles. The zero-order valence-corrected chi connectivity index (χ0v) is 13.7. The number of aliphatic imine (C=N–C) groups is 1. The van der Waals surface area contributed by atoms with Crippen LogP contribution in [-0.2, 0) is 0 Å². The van der Waals surface area contributed by atoms with Gasteiger partial charge in [0.25, 0.3) is 0 Å². The Hall–Kier alpha value is -2.79. The van der Waals surface area contributed by atoms with Gasteiger partial charge in [-0.05, 0) is 56.1 Å². The summed E-state index contributed by atoms with van der Waals surface area (Å²) in [6.07, 6.45) is 5.01. The van der Waals surface area contributed by atoms with Gasteiger partial charge in [0.2, 0.25) is 0 Å². The summed E-state index contributed by atoms with van der Waals surface area (Å²) < 4.78 is 15.2. The molecule has 0 N–H and O–H groups in total. The summed E-state index contributed by atoms with van der Waals surface area (Å²) in [5, 5.41) is 0.409. The monoisotopic (exact) mass is 340 g/mol. The summed E-state index contributed by atoms with van der Waals surface area (Å²) in [5.74, 6) is 0.397. The van der Waals surface area contributed by atoms with E-state index >= 15 is 0 Å². The second-order valence-corrected chi connectivity index (χ2v) is 5.47. The van der Waals surface area contributed by atoms with E-state index in [1.165, 1.54) is 12.1 Å². The van der Waals surface area contributed by atoms with Crippen LogP contribution in [0.15, 0.2) is 53.8 Å². The van der Waals surface area contributed by atoms with Crippen LogP contribution in [0.4, 0.5) is 4.39 Å². The first-order valence-electron chi connectivity index (χ1n) is 7.19. The Labute approximate surface area is 144 Å². The maximum absolute atomic E-state index is 13.3. The van der Waals surface area contributed by atoms with E-state index < -0.39 is 0 Å². The first kappa shape index (κ1) is 16.1. The molecular weight excluding hydrogens is 327 g/mol. The third-order valence-corrected chi connectivity index (χ3v) is 3.78. The number of nitrogens with zero attached hydrogens (tertiary/aromatic N) is 4. The molecule has 6 heteroatoms. The topological polar surface area (TPSA) is 43.1 Å². The van der Waals surface area contributed by atoms with Crippen molar-refractivity contribution in [3.63, 3.8) is 0 Å². The number of aromatic nitrogens is 3. The molecule has 0 spiro atoms. The number of imidazole rings is 1. The van der Waals surface area contributed by atoms with Gasteiger partial charge in [0.15, 0.2) is 0 Å². The molecule has 24 heavy (non-hydrogen) atoms. The Balaban J connectivity index is 2.22. The quantitative estimate of drug-likeness (QED) is 0.510. The average Bonchev–Trinajstić information content (AvgIpc) is 2.91. The molecule has 0 aliphatic rings. The van der Waals surface area contributed by atoms with Crippen molar-refractivity contribution in [3.8, 4) is 17.1 Å². The van der Waals surface area contributed by atoms with Crippen molar-refractivity contribution in [2.75, 3.05) is 0 Å². The Morgan fingerprint density at radius 2 is 1.96 bits per heavy atom. The first-order valence-corrected chi connectivity index (χ1v) is 7.57. The van der Waals surface area contributed by atoms with E-state index in [0.29, 0.717) is 11.0 Å². The van der Waals surface area contributed by atoms with Crippen LogP contribution in [0.2, 0.25) is 5.15 Å². The van der Waals surface area contributed by atoms with Crippen LogP contribution in [0.5, 0.6) is 0 Å². The molecule has 3 rings (SSSR count). The summed E-state index contributed by atoms with van der Waals surface area (Å²) in [6, 6.07) is 9.79. The molecule has 120 valence electrons. The smallest absolute Gasteiger partial charge is 0.147 e. The highest BCUT2D eigenvalue weighted by Gasteiger charge is 2.16. The summed E-state index contributed by atoms with van der Waals surface area (Å²) in [4.78, 5) is 12.5. The number of benzene rings is 1. The molecule has 0 saturated heterocycles. The summed E-state index contributed by atoms with van der Waals surface area (Å²) in [6.45, 7) is 5.37. The zero-order chi connectivity index (χ0) is 17.1. The number of hydrogen-bond acceptors (Lipinski definition) is 3. The molecule has 0 unspecified atom stereocenters. The fraction of sp³-hybridized carbons (Fsp3) is 0.0556. The highest BCUT2D eigenvalue weighted by Crippen LogP contribution is 2.27. The van der Waals surface area contributed by atoms with Crippen molar-refractivity contribution >= 4 is 24.4 Å². The first-order chi connectivity index (χ1) is 11.6. The molecule has 0 atom stereocenters. The zero-order valence-electron chi connectivity index (χ0n) is 12.9. The Morgan fingerprint density at radius 1 is 1.21 bits per heavy atom. The second kappa shape index (κ2) is 6.76. The normalized spacial score (nSPS) is 11.1. The van der Waals surface area contributed by atoms with Crippen molar-refractivity contribution in [1.29, 1.82) is 0 Å². The van der Waals surface area contributed by atoms with Gasteiger partial charge in [-0.15, -0.1) is 0 Å². The molecule has 0 fully saturated rings. The molecule has 0 aliphatic heterocycles. The Bertz CT molecular complexity index is 896. The van der Waals surface area contributed by atoms with Gasteiger partial charge < -0.3 is 0 Å². The molecule has 0 saturated carbocycles. The van der Waals surface area contributed by atoms with Crippen LogP contribution in [0.25, 0.3) is 23.2 Å². The second-order valence-electron chi connectivity index (χ2n) is 5.09. The Morgan fingerprint density at radius 3 is 2.58 bits per heavy atom. The van der Waals surface area contributed by atoms with Gasteiger partial charge in [0.1, 0.15) is 16.8 Å². The molecule has 0 amide bonds. The Kier molecular flexibility index (Phi) is 4.53. The minimum atomic E-state index is -0.290. The van der Waals surface area contributed by atoms with Crippen LogP contribution >= 0.6 is 11.6 Å². The minimum Gasteiger partial charge on any atom is -0.296 e. The van der Waals surface area contributed by atoms with Gasteiger partial charge in [-0.3, -0.25) is 9.56 Å². The maximum Gasteiger partial charge on any atom is 0.147 e. The minimum absolute atomic E-state index is 0.290. The SMILES string of the molecule is C=N/C=C\c1nc(-c2ccc(Cl)nc2)n(-c2ccc(F)cc2)c1C. The van der Waals surface area contributed by atoms with Crippen LogP contribution in [0, 0.1) is 12.7 Å². The highest BCUT2D eigenvalue weighted by molar-refractivity contribution is 6.29. The molecule has 4 nitrogen and oxygen atoms in total. The predicted octanol–water partition coefficient (Wildman–Crippen LogP) is 4.71. The van der Waals surface area contributed by atoms with E-state index in [9.17, 15) is 4.39 Å². The van der Waals surface area contributed by atoms with E-state index in [0.717, 1.165) is 22.6 Å². The molecule has 0 aliphatic carbocycles. The van der Waals surface area contributed by atoms with Crippen LogP contribution in [0.1, 0.15) is 11.4 Å². The fourth-order valence-corrected chi connectivity index (χ4v) is 2.52. The van der Waals surface area contributed by atoms with E-state index in [1.54, 1.807) is 36.7 Å². The van der Waals surface area contributed by atoms with Crippen molar-refractivity contribution in [2.45, 2.75) is 6.92 Å². The standard InChI is InChI=1S/C18H14ClFN4/c1-12-16(9-10-21-2)23-18(13-3-8-17(19)22-11-13)24(12)15-6-4-14(20)5-7-15/h3-11H,2H2,1H3/b10-9-. The van der Waals surface area contributed by atoms with Crippen molar-refractivity contribution in [1.82, 2.24) is 14.5 Å². The van der Waals surface area contributed by atoms with Crippen LogP contribution in [0.3, 0.4) is 0 Å². The molecule has 1 aromatic carbocycles. The number of pyridine rings is 1. The van der Waals surface area contributed by atoms with Crippen molar-refractivity contribution in [2.24, 2.45) is 4.99 Å². The molecule has 2 heterocycles. The predicted molar refractivity (Wildman–Crippen MR) is 95.1 cm³/mol. The summed E-state index contributed by atoms with van der Waals surface area (Å²) >= 11 is 5.87. The van der Waals surface area contributed by atoms with Gasteiger partial charge in [0, 0.05) is 29.3 Å². The summed E-state index contributed by atoms with van der Waals surface area (Å²) in [7, 11) is 0. The lowest BCUT2D eigenvalue weighted by atomic mass is 10.2. The summed E-state index contributed by atoms with van der Waals surface area (Å²) in [5.41, 5.74) is 3.25. The van der Waals surface area contributed by atoms with Gasteiger partial charge >= 0.3 is 0 Å². The largest absolute Gasteiger partial charge is 0.296 e. The third kappa shape index (κ3) is 3.12. The number of hydrogen-bond donors (Lipinski definition) is 0. The van der Waals surface area contributed by atoms with E-state index in [2.05, 4.69) is 21.7 Å². The molecular formula is C18H14ClFN4. The van der Waals surface area contributed by atoms with Gasteiger partial charge in [-0.25, -0.2) is 14.4 Å². The van der Waals surface area contributed by atoms with E-state index in [1.807, 2.05) is 17.6 Å².